The van der Waals surface area contributed by atoms with E-state index in [9.17, 15) is 87.2 Å². The van der Waals surface area contributed by atoms with Crippen LogP contribution in [0.5, 0.6) is 5.75 Å². The molecule has 44 heteroatoms. The lowest BCUT2D eigenvalue weighted by Crippen LogP contribution is -2.61. The van der Waals surface area contributed by atoms with Crippen LogP contribution in [0.25, 0.3) is 21.0 Å². The second kappa shape index (κ2) is 51.2. The highest BCUT2D eigenvalue weighted by Gasteiger charge is 2.45. The molecule has 0 radical (unpaired) electrons. The van der Waals surface area contributed by atoms with Gasteiger partial charge in [0.2, 0.25) is 94.5 Å². The average Bonchev–Trinajstić information content (AvgIpc) is 1.34. The molecule has 0 unspecified atom stereocenters. The molecule has 2 saturated heterocycles. The zero-order valence-electron chi connectivity index (χ0n) is 73.7. The summed E-state index contributed by atoms with van der Waals surface area (Å²) in [6.45, 7) is 3.17. The van der Waals surface area contributed by atoms with E-state index < -0.39 is 229 Å². The number of carboxylic acids is 1. The number of fused-ring (bicyclic) bond motifs is 2. The molecule has 0 spiro atoms. The topological polar surface area (TPSA) is 664 Å². The molecule has 2 aliphatic heterocycles. The summed E-state index contributed by atoms with van der Waals surface area (Å²) in [4.78, 5) is 258. The van der Waals surface area contributed by atoms with Crippen molar-refractivity contribution >= 4 is 151 Å². The number of aliphatic carboxylic acids is 1. The van der Waals surface area contributed by atoms with Crippen LogP contribution in [0.3, 0.4) is 0 Å². The van der Waals surface area contributed by atoms with E-state index in [0.717, 1.165) is 53.0 Å². The van der Waals surface area contributed by atoms with Crippen molar-refractivity contribution in [2.75, 3.05) is 71.9 Å². The second-order valence-electron chi connectivity index (χ2n) is 32.4. The number of unbranched alkanes of at least 4 members (excludes halogenated alkanes) is 2. The van der Waals surface area contributed by atoms with E-state index in [1.165, 1.54) is 73.5 Å². The first-order valence-electron chi connectivity index (χ1n) is 43.1. The van der Waals surface area contributed by atoms with E-state index in [4.69, 9.17) is 34.4 Å². The Balaban J connectivity index is 1.04. The number of rotatable bonds is 53. The van der Waals surface area contributed by atoms with Gasteiger partial charge in [0.1, 0.15) is 84.5 Å². The highest BCUT2D eigenvalue weighted by Crippen LogP contribution is 2.29. The van der Waals surface area contributed by atoms with E-state index in [-0.39, 0.29) is 103 Å². The quantitative estimate of drug-likeness (QED) is 0.0165. The maximum Gasteiger partial charge on any atom is 0.305 e. The number of aromatic hydroxyl groups is 1. The summed E-state index contributed by atoms with van der Waals surface area (Å²) in [7, 11) is 4.01. The SMILES string of the molecule is CCCC[C@@H](C(=O)N(C)[C@@H](CCCC)C(=O)N[C@@H](CCCN)C(=O)N[C@@H](CSCC(=O)N[C@@H](Cc1ccc(O)cc1)C(=O)N(C)[C@@H](C)C(=O)N[C@@H](CC(N)=O)C(=O)N1CCC[C@H]1C(=O)N[C@@H](CN)C(=O)N[C@@H](CC(=O)O)C(=O)N1C[C@H](O)C[C@H]1C=O)C(=O)NCC(N)=O)N(C)C(=O)[C@H](Cc1csc2ccccc12)NC(=O)[C@H](CCN)NC(=O)[C@@H](N)Cc1c[nH]c2ccccc12. The third-order valence-electron chi connectivity index (χ3n) is 22.7. The van der Waals surface area contributed by atoms with Crippen LogP contribution < -0.4 is 82.3 Å². The molecule has 0 bridgehead atoms. The summed E-state index contributed by atoms with van der Waals surface area (Å²) in [5, 5.41) is 56.5. The number of hydrogen-bond acceptors (Lipinski definition) is 26. The van der Waals surface area contributed by atoms with Gasteiger partial charge < -0.3 is 132 Å². The van der Waals surface area contributed by atoms with E-state index >= 15 is 14.4 Å². The van der Waals surface area contributed by atoms with Crippen molar-refractivity contribution < 1.29 is 102 Å². The van der Waals surface area contributed by atoms with Gasteiger partial charge >= 0.3 is 5.97 Å². The van der Waals surface area contributed by atoms with Crippen molar-refractivity contribution in [3.05, 3.63) is 101 Å². The number of carboxylic acid groups (broad SMARTS) is 1. The number of thiophene rings is 1. The van der Waals surface area contributed by atoms with Gasteiger partial charge in [0.15, 0.2) is 0 Å². The number of likely N-dealkylation sites (N-methyl/N-ethyl adjacent to an activating group) is 3. The number of β-amino-alcohol motifs (C(OH)–C–C–N with tert-alkyl or cyclic N) is 1. The molecular weight excluding hydrogens is 1730 g/mol. The number of aromatic nitrogens is 1. The third kappa shape index (κ3) is 29.9. The van der Waals surface area contributed by atoms with Gasteiger partial charge in [-0.25, -0.2) is 0 Å². The molecule has 710 valence electrons. The maximum atomic E-state index is 15.4. The van der Waals surface area contributed by atoms with Crippen LogP contribution in [0.1, 0.15) is 127 Å². The highest BCUT2D eigenvalue weighted by molar-refractivity contribution is 8.00. The number of thioether (sulfide) groups is 1. The minimum absolute atomic E-state index is 0.0121. The van der Waals surface area contributed by atoms with Gasteiger partial charge in [-0.05, 0) is 123 Å². The smallest absolute Gasteiger partial charge is 0.305 e. The number of likely N-dealkylation sites (tertiary alicyclic amines) is 2. The number of amides is 16. The summed E-state index contributed by atoms with van der Waals surface area (Å²) < 4.78 is 0.903. The molecule has 0 saturated carbocycles. The van der Waals surface area contributed by atoms with Gasteiger partial charge in [0, 0.05) is 87.6 Å². The van der Waals surface area contributed by atoms with Gasteiger partial charge in [0.05, 0.1) is 43.3 Å². The molecule has 15 atom stereocenters. The van der Waals surface area contributed by atoms with Crippen molar-refractivity contribution in [3.8, 4) is 5.75 Å². The molecular formula is C86H123N21O21S2. The maximum absolute atomic E-state index is 15.4. The van der Waals surface area contributed by atoms with Gasteiger partial charge in [-0.3, -0.25) is 81.5 Å². The number of phenols is 1. The number of primary amides is 2. The van der Waals surface area contributed by atoms with Crippen LogP contribution in [0, 0.1) is 0 Å². The number of hydrogen-bond donors (Lipinski definition) is 19. The Kier molecular flexibility index (Phi) is 41.3. The lowest BCUT2D eigenvalue weighted by Gasteiger charge is -2.36. The molecule has 4 heterocycles. The number of nitrogens with zero attached hydrogens (tertiary/aromatic N) is 5. The zero-order valence-corrected chi connectivity index (χ0v) is 75.3. The Morgan fingerprint density at radius 1 is 0.585 bits per heavy atom. The number of benzene rings is 3. The minimum Gasteiger partial charge on any atom is -0.508 e. The summed E-state index contributed by atoms with van der Waals surface area (Å²) >= 11 is 2.19. The largest absolute Gasteiger partial charge is 0.508 e. The van der Waals surface area contributed by atoms with Crippen molar-refractivity contribution in [1.29, 1.82) is 0 Å². The first kappa shape index (κ1) is 105. The van der Waals surface area contributed by atoms with E-state index in [2.05, 4.69) is 52.8 Å². The van der Waals surface area contributed by atoms with E-state index in [0.29, 0.717) is 43.1 Å². The predicted octanol–water partition coefficient (Wildman–Crippen LogP) is -3.91. The van der Waals surface area contributed by atoms with Crippen LogP contribution in [-0.2, 0) is 106 Å². The fourth-order valence-corrected chi connectivity index (χ4v) is 17.2. The Morgan fingerprint density at radius 3 is 1.80 bits per heavy atom. The van der Waals surface area contributed by atoms with Gasteiger partial charge in [-0.15, -0.1) is 23.1 Å². The van der Waals surface area contributed by atoms with E-state index in [1.54, 1.807) is 6.20 Å². The number of para-hydroxylation sites is 1. The molecule has 25 N–H and O–H groups in total. The fraction of sp³-hybridized carbons (Fsp3) is 0.535. The first-order valence-corrected chi connectivity index (χ1v) is 45.2. The Labute approximate surface area is 759 Å². The summed E-state index contributed by atoms with van der Waals surface area (Å²) in [6, 6.07) is 0.489. The number of nitrogens with two attached hydrogens (primary N) is 6. The predicted molar refractivity (Wildman–Crippen MR) is 481 cm³/mol. The van der Waals surface area contributed by atoms with Gasteiger partial charge in [-0.2, -0.15) is 0 Å². The number of aromatic amines is 1. The van der Waals surface area contributed by atoms with Crippen LogP contribution >= 0.6 is 23.1 Å². The molecule has 2 fully saturated rings. The van der Waals surface area contributed by atoms with E-state index in [1.807, 2.05) is 67.8 Å². The van der Waals surface area contributed by atoms with Crippen molar-refractivity contribution in [2.24, 2.45) is 34.4 Å². The lowest BCUT2D eigenvalue weighted by atomic mass is 9.99. The Bertz CT molecular complexity index is 4830. The molecule has 0 aliphatic carbocycles. The third-order valence-corrected chi connectivity index (χ3v) is 24.8. The van der Waals surface area contributed by atoms with Crippen LogP contribution in [0.15, 0.2) is 84.4 Å². The fourth-order valence-electron chi connectivity index (χ4n) is 15.4. The monoisotopic (exact) mass is 1850 g/mol. The molecule has 2 aromatic heterocycles. The summed E-state index contributed by atoms with van der Waals surface area (Å²) in [6.07, 6.45) is 1.04. The minimum atomic E-state index is -1.78. The molecule has 16 amide bonds. The normalized spacial score (nSPS) is 17.0. The number of nitrogens with one attached hydrogen (secondary N) is 10. The highest BCUT2D eigenvalue weighted by atomic mass is 32.2. The Hall–Kier alpha value is -12.2. The molecule has 42 nitrogen and oxygen atoms in total. The van der Waals surface area contributed by atoms with Crippen LogP contribution in [-0.4, -0.2) is 314 Å². The first-order chi connectivity index (χ1) is 61.9. The van der Waals surface area contributed by atoms with Crippen molar-refractivity contribution in [2.45, 2.75) is 221 Å². The van der Waals surface area contributed by atoms with Gasteiger partial charge in [-0.1, -0.05) is 88.1 Å². The Morgan fingerprint density at radius 2 is 1.16 bits per heavy atom. The second-order valence-corrected chi connectivity index (χ2v) is 34.3. The molecule has 7 rings (SSSR count). The standard InChI is InChI=1S/C86H123N21O21S2/c1-7-9-21-66(104(5)86(128)68(22-10-8-2)105(6)83(125)61(35-50-44-130-69-24-14-12-18-55(50)69)99-78(120)59(29-31-88)96-75(117)56(90)34-49-40-93-57-19-13-11-17-54(49)57)80(122)97-58(20-15-30-87)77(119)102-65(76(118)94-41-71(92)112)45-129-46-72(113)95-60(33-48-25-27-52(109)28-26-48)82(124)103(4)47(3)74(116)98-62(37-70(91)111)84(126)106-32-16-23-67(106)81(123)101-64(39-89)79(121)100-63(38-73(114)115)85(127)107-42-53(110)36-51(107)43-108/h11-14,17-19,24-28,40,43-44,47,51,53,56,58-68,93,109-110H,7-10,15-16,20-23,29-39,41-42,45-46,87-90H2,1-6H3,(H2,91,111)(H2,92,112)(H,94,118)(H,95,113)(H,96,117)(H,97,122)(H,98,116)(H,99,120)(H,100,121)(H,101,123)(H,102,119)(H,114,115)/t47-,51-,53+,56-,58-,59-,60-,61-,62-,63-,64-,65-,66-,67-,68-/m0/s1. The number of carbonyl (C=O) groups is 18. The van der Waals surface area contributed by atoms with Crippen LogP contribution in [0.2, 0.25) is 0 Å². The van der Waals surface area contributed by atoms with Crippen molar-refractivity contribution in [1.82, 2.24) is 77.3 Å². The number of aliphatic hydroxyl groups excluding tert-OH is 1. The molecule has 5 aromatic rings. The number of phenolic OH excluding ortho intramolecular Hbond substituents is 1. The van der Waals surface area contributed by atoms with Crippen molar-refractivity contribution in [3.63, 3.8) is 0 Å². The molecule has 2 aliphatic rings. The lowest BCUT2D eigenvalue weighted by molar-refractivity contribution is -0.149. The number of aldehydes is 1. The average molecular weight is 1850 g/mol. The number of aliphatic hydroxyl groups is 1. The summed E-state index contributed by atoms with van der Waals surface area (Å²) in [5.41, 5.74) is 38.1. The zero-order chi connectivity index (χ0) is 95.8. The molecule has 130 heavy (non-hydrogen) atoms. The number of H-pyrrole nitrogens is 1. The molecule has 3 aromatic carbocycles. The van der Waals surface area contributed by atoms with Crippen LogP contribution in [0.4, 0.5) is 0 Å². The summed E-state index contributed by atoms with van der Waals surface area (Å²) in [5.74, 6) is -17.0. The number of carbonyl (C=O) groups excluding carboxylic acids is 17. The van der Waals surface area contributed by atoms with Gasteiger partial charge in [0.25, 0.3) is 0 Å².